The first kappa shape index (κ1) is 14.5. The summed E-state index contributed by atoms with van der Waals surface area (Å²) >= 11 is 1.42. The molecule has 0 unspecified atom stereocenters. The zero-order chi connectivity index (χ0) is 15.5. The number of para-hydroxylation sites is 1. The van der Waals surface area contributed by atoms with Crippen LogP contribution >= 0.6 is 11.3 Å². The fraction of sp³-hybridized carbons (Fsp3) is 0.111. The van der Waals surface area contributed by atoms with Crippen molar-refractivity contribution in [3.05, 3.63) is 70.0 Å². The minimum absolute atomic E-state index is 0.112. The molecule has 110 valence electrons. The van der Waals surface area contributed by atoms with Gasteiger partial charge in [-0.1, -0.05) is 48.5 Å². The van der Waals surface area contributed by atoms with Gasteiger partial charge in [0.25, 0.3) is 5.91 Å². The molecule has 22 heavy (non-hydrogen) atoms. The molecule has 0 bridgehead atoms. The van der Waals surface area contributed by atoms with Crippen molar-refractivity contribution in [2.24, 2.45) is 0 Å². The Hall–Kier alpha value is -2.46. The van der Waals surface area contributed by atoms with E-state index in [-0.39, 0.29) is 5.91 Å². The Kier molecular flexibility index (Phi) is 4.02. The van der Waals surface area contributed by atoms with E-state index in [1.54, 1.807) is 0 Å². The number of aromatic nitrogens is 1. The van der Waals surface area contributed by atoms with Crippen LogP contribution in [0.1, 0.15) is 20.2 Å². The smallest absolute Gasteiger partial charge is 0.268 e. The molecule has 0 aliphatic rings. The van der Waals surface area contributed by atoms with Gasteiger partial charge in [0.15, 0.2) is 0 Å². The minimum Gasteiger partial charge on any atom is -0.321 e. The number of amides is 1. The molecule has 3 rings (SSSR count). The second-order valence-electron chi connectivity index (χ2n) is 5.05. The van der Waals surface area contributed by atoms with Gasteiger partial charge in [0, 0.05) is 11.3 Å². The van der Waals surface area contributed by atoms with Crippen LogP contribution in [-0.2, 0) is 0 Å². The summed E-state index contributed by atoms with van der Waals surface area (Å²) in [6.07, 6.45) is 0. The summed E-state index contributed by atoms with van der Waals surface area (Å²) in [5.41, 5.74) is 3.58. The molecule has 0 saturated carbocycles. The van der Waals surface area contributed by atoms with E-state index in [4.69, 9.17) is 0 Å². The summed E-state index contributed by atoms with van der Waals surface area (Å²) in [5.74, 6) is -0.112. The van der Waals surface area contributed by atoms with Crippen LogP contribution in [0.5, 0.6) is 0 Å². The van der Waals surface area contributed by atoms with Crippen LogP contribution in [0.2, 0.25) is 0 Å². The lowest BCUT2D eigenvalue weighted by molar-refractivity contribution is 0.103. The van der Waals surface area contributed by atoms with Crippen LogP contribution in [0.25, 0.3) is 11.3 Å². The third kappa shape index (κ3) is 2.92. The Bertz CT molecular complexity index is 809. The molecule has 0 saturated heterocycles. The number of aryl methyl sites for hydroxylation is 2. The van der Waals surface area contributed by atoms with E-state index < -0.39 is 0 Å². The molecule has 0 aliphatic carbocycles. The molecule has 1 aromatic heterocycles. The standard InChI is InChI=1S/C18H16N2OS/c1-12-8-6-7-11-15(12)20-18(21)17-16(19-13(2)22-17)14-9-4-3-5-10-14/h3-11H,1-2H3,(H,20,21). The normalized spacial score (nSPS) is 10.5. The van der Waals surface area contributed by atoms with Gasteiger partial charge in [-0.25, -0.2) is 4.98 Å². The van der Waals surface area contributed by atoms with Crippen molar-refractivity contribution in [3.8, 4) is 11.3 Å². The number of thiazole rings is 1. The van der Waals surface area contributed by atoms with Gasteiger partial charge in [-0.15, -0.1) is 11.3 Å². The quantitative estimate of drug-likeness (QED) is 0.763. The summed E-state index contributed by atoms with van der Waals surface area (Å²) < 4.78 is 0. The number of anilines is 1. The van der Waals surface area contributed by atoms with Crippen molar-refractivity contribution in [1.29, 1.82) is 0 Å². The summed E-state index contributed by atoms with van der Waals surface area (Å²) in [6.45, 7) is 3.90. The highest BCUT2D eigenvalue weighted by Crippen LogP contribution is 2.29. The van der Waals surface area contributed by atoms with Crippen molar-refractivity contribution in [1.82, 2.24) is 4.98 Å². The lowest BCUT2D eigenvalue weighted by atomic mass is 10.1. The van der Waals surface area contributed by atoms with Gasteiger partial charge >= 0.3 is 0 Å². The van der Waals surface area contributed by atoms with E-state index in [1.807, 2.05) is 68.4 Å². The van der Waals surface area contributed by atoms with Crippen molar-refractivity contribution < 1.29 is 4.79 Å². The number of benzene rings is 2. The first-order valence-electron chi connectivity index (χ1n) is 7.05. The van der Waals surface area contributed by atoms with Crippen LogP contribution in [-0.4, -0.2) is 10.9 Å². The fourth-order valence-electron chi connectivity index (χ4n) is 2.26. The molecular weight excluding hydrogens is 292 g/mol. The molecule has 3 aromatic rings. The van der Waals surface area contributed by atoms with Crippen molar-refractivity contribution in [2.75, 3.05) is 5.32 Å². The molecule has 0 spiro atoms. The molecular formula is C18H16N2OS. The highest BCUT2D eigenvalue weighted by atomic mass is 32.1. The van der Waals surface area contributed by atoms with E-state index in [0.717, 1.165) is 27.5 Å². The van der Waals surface area contributed by atoms with Gasteiger partial charge in [-0.3, -0.25) is 4.79 Å². The molecule has 0 aliphatic heterocycles. The molecule has 0 radical (unpaired) electrons. The highest BCUT2D eigenvalue weighted by molar-refractivity contribution is 7.14. The van der Waals surface area contributed by atoms with Crippen LogP contribution in [0.15, 0.2) is 54.6 Å². The first-order chi connectivity index (χ1) is 10.6. The summed E-state index contributed by atoms with van der Waals surface area (Å²) in [4.78, 5) is 17.8. The number of nitrogens with one attached hydrogen (secondary N) is 1. The molecule has 0 atom stereocenters. The third-order valence-corrected chi connectivity index (χ3v) is 4.35. The Morgan fingerprint density at radius 2 is 1.68 bits per heavy atom. The number of hydrogen-bond acceptors (Lipinski definition) is 3. The van der Waals surface area contributed by atoms with Crippen molar-refractivity contribution in [3.63, 3.8) is 0 Å². The average Bonchev–Trinajstić information content (AvgIpc) is 2.92. The zero-order valence-electron chi connectivity index (χ0n) is 12.5. The molecule has 3 nitrogen and oxygen atoms in total. The van der Waals surface area contributed by atoms with Crippen LogP contribution < -0.4 is 5.32 Å². The monoisotopic (exact) mass is 308 g/mol. The second-order valence-corrected chi connectivity index (χ2v) is 6.25. The summed E-state index contributed by atoms with van der Waals surface area (Å²) in [5, 5.41) is 3.86. The molecule has 1 heterocycles. The van der Waals surface area contributed by atoms with Crippen LogP contribution in [0.4, 0.5) is 5.69 Å². The maximum absolute atomic E-state index is 12.6. The van der Waals surface area contributed by atoms with Gasteiger partial charge < -0.3 is 5.32 Å². The van der Waals surface area contributed by atoms with E-state index in [1.165, 1.54) is 11.3 Å². The lowest BCUT2D eigenvalue weighted by Gasteiger charge is -2.08. The predicted octanol–water partition coefficient (Wildman–Crippen LogP) is 4.68. The fourth-order valence-corrected chi connectivity index (χ4v) is 3.10. The van der Waals surface area contributed by atoms with E-state index >= 15 is 0 Å². The van der Waals surface area contributed by atoms with E-state index in [0.29, 0.717) is 4.88 Å². The maximum Gasteiger partial charge on any atom is 0.268 e. The summed E-state index contributed by atoms with van der Waals surface area (Å²) in [7, 11) is 0. The van der Waals surface area contributed by atoms with Gasteiger partial charge in [0.2, 0.25) is 0 Å². The topological polar surface area (TPSA) is 42.0 Å². The number of rotatable bonds is 3. The molecule has 1 N–H and O–H groups in total. The Labute approximate surface area is 133 Å². The molecule has 2 aromatic carbocycles. The van der Waals surface area contributed by atoms with Crippen LogP contribution in [0.3, 0.4) is 0 Å². The van der Waals surface area contributed by atoms with E-state index in [9.17, 15) is 4.79 Å². The average molecular weight is 308 g/mol. The Morgan fingerprint density at radius 3 is 2.41 bits per heavy atom. The SMILES string of the molecule is Cc1nc(-c2ccccc2)c(C(=O)Nc2ccccc2C)s1. The lowest BCUT2D eigenvalue weighted by Crippen LogP contribution is -2.12. The van der Waals surface area contributed by atoms with Crippen LogP contribution in [0, 0.1) is 13.8 Å². The Balaban J connectivity index is 1.95. The first-order valence-corrected chi connectivity index (χ1v) is 7.86. The number of carbonyl (C=O) groups is 1. The summed E-state index contributed by atoms with van der Waals surface area (Å²) in [6, 6.07) is 17.6. The molecule has 1 amide bonds. The number of nitrogens with zero attached hydrogens (tertiary/aromatic N) is 1. The minimum atomic E-state index is -0.112. The zero-order valence-corrected chi connectivity index (χ0v) is 13.3. The van der Waals surface area contributed by atoms with E-state index in [2.05, 4.69) is 10.3 Å². The van der Waals surface area contributed by atoms with Gasteiger partial charge in [-0.2, -0.15) is 0 Å². The molecule has 4 heteroatoms. The largest absolute Gasteiger partial charge is 0.321 e. The second kappa shape index (κ2) is 6.12. The highest BCUT2D eigenvalue weighted by Gasteiger charge is 2.18. The Morgan fingerprint density at radius 1 is 1.00 bits per heavy atom. The predicted molar refractivity (Wildman–Crippen MR) is 91.4 cm³/mol. The molecule has 0 fully saturated rings. The van der Waals surface area contributed by atoms with Gasteiger partial charge in [-0.05, 0) is 25.5 Å². The third-order valence-electron chi connectivity index (χ3n) is 3.38. The van der Waals surface area contributed by atoms with Gasteiger partial charge in [0.1, 0.15) is 4.88 Å². The van der Waals surface area contributed by atoms with Gasteiger partial charge in [0.05, 0.1) is 10.7 Å². The number of hydrogen-bond donors (Lipinski definition) is 1. The van der Waals surface area contributed by atoms with Crippen molar-refractivity contribution in [2.45, 2.75) is 13.8 Å². The van der Waals surface area contributed by atoms with Crippen molar-refractivity contribution >= 4 is 22.9 Å². The number of carbonyl (C=O) groups excluding carboxylic acids is 1. The maximum atomic E-state index is 12.6.